The number of rotatable bonds is 8. The molecule has 0 bridgehead atoms. The maximum atomic E-state index is 6.76. The maximum absolute atomic E-state index is 6.76. The van der Waals surface area contributed by atoms with E-state index in [0.717, 1.165) is 17.7 Å². The molecule has 0 aliphatic carbocycles. The smallest absolute Gasteiger partial charge is 0.0356 e. The van der Waals surface area contributed by atoms with Gasteiger partial charge in [0.15, 0.2) is 0 Å². The Morgan fingerprint density at radius 3 is 1.53 bits per heavy atom. The Morgan fingerprint density at radius 1 is 0.531 bits per heavy atom. The van der Waals surface area contributed by atoms with Crippen molar-refractivity contribution in [2.75, 3.05) is 0 Å². The summed E-state index contributed by atoms with van der Waals surface area (Å²) in [6.45, 7) is 3.14. The number of fused-ring (bicyclic) bond motifs is 1. The van der Waals surface area contributed by atoms with Gasteiger partial charge in [-0.15, -0.1) is 0 Å². The lowest BCUT2D eigenvalue weighted by Crippen LogP contribution is -2.04. The highest BCUT2D eigenvalue weighted by atomic mass is 14.6. The number of nitrogens with two attached hydrogens (primary N) is 2. The van der Waals surface area contributed by atoms with E-state index < -0.39 is 0 Å². The van der Waals surface area contributed by atoms with E-state index >= 15 is 0 Å². The highest BCUT2D eigenvalue weighted by molar-refractivity contribution is 6.02. The van der Waals surface area contributed by atoms with E-state index in [4.69, 9.17) is 16.9 Å². The van der Waals surface area contributed by atoms with Crippen LogP contribution in [0.15, 0.2) is 188 Å². The van der Waals surface area contributed by atoms with Crippen LogP contribution >= 0.6 is 0 Å². The Bertz CT molecular complexity index is 2000. The number of hydrogen-bond donors (Lipinski definition) is 3. The van der Waals surface area contributed by atoms with Crippen molar-refractivity contribution in [1.82, 2.24) is 0 Å². The molecule has 0 aliphatic heterocycles. The molecule has 242 valence electrons. The first-order valence-electron chi connectivity index (χ1n) is 16.5. The Kier molecular flexibility index (Phi) is 12.4. The lowest BCUT2D eigenvalue weighted by molar-refractivity contribution is 0.978. The summed E-state index contributed by atoms with van der Waals surface area (Å²) in [5, 5.41) is 7.92. The standard InChI is InChI=1S/C38H31N.C7H9N.CH3N/c39-36(27-20-28-12-4-1-5-13-28)35-26-25-29-14-10-11-19-34(29)38(35)33-23-21-32(22-24-33)37(30-15-6-2-7-16-30)31-17-8-3-9-18-31;8-6-7-4-2-1-3-5-7;1-2/h1-19,21-27,37H,20,39H2;1-5H,6,8H2;2H,1H2/b36-27-;;. The highest BCUT2D eigenvalue weighted by Gasteiger charge is 2.18. The Balaban J connectivity index is 0.000000408. The first-order chi connectivity index (χ1) is 24.2. The second-order valence-corrected chi connectivity index (χ2v) is 11.6. The third-order valence-corrected chi connectivity index (χ3v) is 8.52. The van der Waals surface area contributed by atoms with Crippen LogP contribution in [0.5, 0.6) is 0 Å². The quantitative estimate of drug-likeness (QED) is 0.115. The fourth-order valence-corrected chi connectivity index (χ4v) is 6.10. The van der Waals surface area contributed by atoms with Crippen molar-refractivity contribution in [3.8, 4) is 11.1 Å². The lowest BCUT2D eigenvalue weighted by Gasteiger charge is -2.20. The molecular weight excluding hydrogens is 595 g/mol. The molecular formula is C46H43N3. The molecule has 5 N–H and O–H groups in total. The van der Waals surface area contributed by atoms with Crippen molar-refractivity contribution >= 4 is 23.2 Å². The SMILES string of the molecule is C=N.N/C(=C\Cc1ccccc1)c1ccc2ccccc2c1-c1ccc(C(c2ccccc2)c2ccccc2)cc1.NCc1ccccc1. The normalized spacial score (nSPS) is 10.9. The minimum atomic E-state index is 0.171. The summed E-state index contributed by atoms with van der Waals surface area (Å²) in [5.41, 5.74) is 22.6. The molecule has 0 amide bonds. The molecule has 0 saturated heterocycles. The summed E-state index contributed by atoms with van der Waals surface area (Å²) in [6, 6.07) is 63.9. The largest absolute Gasteiger partial charge is 0.398 e. The summed E-state index contributed by atoms with van der Waals surface area (Å²) < 4.78 is 0. The molecule has 0 atom stereocenters. The van der Waals surface area contributed by atoms with Gasteiger partial charge >= 0.3 is 0 Å². The Labute approximate surface area is 290 Å². The van der Waals surface area contributed by atoms with Crippen molar-refractivity contribution in [2.45, 2.75) is 18.9 Å². The van der Waals surface area contributed by atoms with Crippen LogP contribution in [0, 0.1) is 5.41 Å². The zero-order valence-corrected chi connectivity index (χ0v) is 27.8. The molecule has 7 rings (SSSR count). The summed E-state index contributed by atoms with van der Waals surface area (Å²) >= 11 is 0. The molecule has 0 heterocycles. The molecule has 7 aromatic rings. The van der Waals surface area contributed by atoms with Gasteiger partial charge in [-0.3, -0.25) is 0 Å². The minimum absolute atomic E-state index is 0.171. The van der Waals surface area contributed by atoms with Gasteiger partial charge in [0.05, 0.1) is 0 Å². The molecule has 0 aromatic heterocycles. The third-order valence-electron chi connectivity index (χ3n) is 8.52. The summed E-state index contributed by atoms with van der Waals surface area (Å²) in [7, 11) is 0. The fraction of sp³-hybridized carbons (Fsp3) is 0.0652. The summed E-state index contributed by atoms with van der Waals surface area (Å²) in [6.07, 6.45) is 2.94. The number of nitrogens with one attached hydrogen (secondary N) is 1. The van der Waals surface area contributed by atoms with E-state index in [0.29, 0.717) is 6.54 Å². The van der Waals surface area contributed by atoms with Crippen molar-refractivity contribution in [3.63, 3.8) is 0 Å². The fourth-order valence-electron chi connectivity index (χ4n) is 6.10. The van der Waals surface area contributed by atoms with Crippen LogP contribution in [0.3, 0.4) is 0 Å². The van der Waals surface area contributed by atoms with Gasteiger partial charge in [-0.2, -0.15) is 0 Å². The molecule has 0 spiro atoms. The van der Waals surface area contributed by atoms with Gasteiger partial charge < -0.3 is 16.9 Å². The Hall–Kier alpha value is -6.03. The highest BCUT2D eigenvalue weighted by Crippen LogP contribution is 2.37. The maximum Gasteiger partial charge on any atom is 0.0356 e. The average molecular weight is 638 g/mol. The topological polar surface area (TPSA) is 75.9 Å². The van der Waals surface area contributed by atoms with Crippen molar-refractivity contribution in [1.29, 1.82) is 5.41 Å². The van der Waals surface area contributed by atoms with E-state index in [1.807, 2.05) is 36.4 Å². The van der Waals surface area contributed by atoms with Gasteiger partial charge in [-0.05, 0) is 62.9 Å². The molecule has 0 saturated carbocycles. The van der Waals surface area contributed by atoms with Gasteiger partial charge in [0.1, 0.15) is 0 Å². The van der Waals surface area contributed by atoms with Gasteiger partial charge in [-0.1, -0.05) is 188 Å². The van der Waals surface area contributed by atoms with Crippen LogP contribution in [0.4, 0.5) is 0 Å². The monoisotopic (exact) mass is 637 g/mol. The molecule has 0 fully saturated rings. The van der Waals surface area contributed by atoms with E-state index in [1.54, 1.807) is 0 Å². The molecule has 0 aliphatic rings. The molecule has 3 nitrogen and oxygen atoms in total. The van der Waals surface area contributed by atoms with Gasteiger partial charge in [0, 0.05) is 23.7 Å². The van der Waals surface area contributed by atoms with E-state index in [9.17, 15) is 0 Å². The zero-order chi connectivity index (χ0) is 34.3. The lowest BCUT2D eigenvalue weighted by atomic mass is 9.84. The molecule has 0 radical (unpaired) electrons. The van der Waals surface area contributed by atoms with E-state index in [-0.39, 0.29) is 5.92 Å². The average Bonchev–Trinajstić information content (AvgIpc) is 3.19. The predicted molar refractivity (Wildman–Crippen MR) is 210 cm³/mol. The van der Waals surface area contributed by atoms with Crippen molar-refractivity contribution in [2.24, 2.45) is 11.5 Å². The number of hydrogen-bond acceptors (Lipinski definition) is 3. The second-order valence-electron chi connectivity index (χ2n) is 11.6. The van der Waals surface area contributed by atoms with Gasteiger partial charge in [-0.25, -0.2) is 0 Å². The third kappa shape index (κ3) is 8.86. The number of benzene rings is 7. The van der Waals surface area contributed by atoms with Gasteiger partial charge in [0.2, 0.25) is 0 Å². The minimum Gasteiger partial charge on any atom is -0.398 e. The van der Waals surface area contributed by atoms with Crippen molar-refractivity contribution in [3.05, 3.63) is 221 Å². The predicted octanol–water partition coefficient (Wildman–Crippen LogP) is 10.6. The molecule has 7 aromatic carbocycles. The molecule has 3 heteroatoms. The van der Waals surface area contributed by atoms with Crippen LogP contribution in [-0.2, 0) is 13.0 Å². The summed E-state index contributed by atoms with van der Waals surface area (Å²) in [4.78, 5) is 0. The van der Waals surface area contributed by atoms with E-state index in [2.05, 4.69) is 158 Å². The first kappa shape index (κ1) is 34.3. The second kappa shape index (κ2) is 17.8. The van der Waals surface area contributed by atoms with Crippen LogP contribution in [0.2, 0.25) is 0 Å². The first-order valence-corrected chi connectivity index (χ1v) is 16.5. The van der Waals surface area contributed by atoms with Crippen molar-refractivity contribution < 1.29 is 0 Å². The Morgan fingerprint density at radius 2 is 1.00 bits per heavy atom. The zero-order valence-electron chi connectivity index (χ0n) is 27.8. The number of allylic oxidation sites excluding steroid dienone is 1. The van der Waals surface area contributed by atoms with Crippen LogP contribution in [0.1, 0.15) is 39.3 Å². The van der Waals surface area contributed by atoms with Crippen LogP contribution in [-0.4, -0.2) is 6.72 Å². The molecule has 49 heavy (non-hydrogen) atoms. The van der Waals surface area contributed by atoms with E-state index in [1.165, 1.54) is 49.7 Å². The van der Waals surface area contributed by atoms with Crippen LogP contribution < -0.4 is 11.5 Å². The van der Waals surface area contributed by atoms with Gasteiger partial charge in [0.25, 0.3) is 0 Å². The summed E-state index contributed by atoms with van der Waals surface area (Å²) in [5.74, 6) is 0.171. The molecule has 0 unspecified atom stereocenters. The van der Waals surface area contributed by atoms with Crippen LogP contribution in [0.25, 0.3) is 27.6 Å².